The second-order valence-corrected chi connectivity index (χ2v) is 15.0. The summed E-state index contributed by atoms with van der Waals surface area (Å²) in [6.07, 6.45) is 7.19. The number of carbonyl (C=O) groups is 3. The lowest BCUT2D eigenvalue weighted by Gasteiger charge is -2.49. The van der Waals surface area contributed by atoms with Crippen LogP contribution in [0.4, 0.5) is 10.5 Å². The molecule has 3 heterocycles. The zero-order valence-corrected chi connectivity index (χ0v) is 28.5. The van der Waals surface area contributed by atoms with Gasteiger partial charge in [0.1, 0.15) is 22.9 Å². The van der Waals surface area contributed by atoms with E-state index in [2.05, 4.69) is 26.6 Å². The molecule has 2 aromatic carbocycles. The van der Waals surface area contributed by atoms with Crippen LogP contribution in [0.3, 0.4) is 0 Å². The molecular weight excluding hydrogens is 681 g/mol. The highest BCUT2D eigenvalue weighted by atomic mass is 79.9. The number of piperidine rings is 2. The molecule has 1 spiro atoms. The molecule has 0 bridgehead atoms. The van der Waals surface area contributed by atoms with Gasteiger partial charge in [0.15, 0.2) is 0 Å². The van der Waals surface area contributed by atoms with E-state index in [9.17, 15) is 14.4 Å². The Labute approximate surface area is 281 Å². The molecule has 1 unspecified atom stereocenters. The quantitative estimate of drug-likeness (QED) is 0.339. The second-order valence-electron chi connectivity index (χ2n) is 13.2. The summed E-state index contributed by atoms with van der Waals surface area (Å²) < 4.78 is 13.0. The number of amides is 3. The summed E-state index contributed by atoms with van der Waals surface area (Å²) >= 11 is 16.5. The highest BCUT2D eigenvalue weighted by molar-refractivity contribution is 9.10. The molecule has 6 rings (SSSR count). The topological polar surface area (TPSA) is 97.0 Å². The molecule has 1 aliphatic carbocycles. The third-order valence-electron chi connectivity index (χ3n) is 9.06. The van der Waals surface area contributed by atoms with Crippen molar-refractivity contribution in [2.24, 2.45) is 11.8 Å². The molecule has 0 saturated carbocycles. The third-order valence-corrected chi connectivity index (χ3v) is 10.1. The van der Waals surface area contributed by atoms with Gasteiger partial charge in [-0.1, -0.05) is 57.4 Å². The molecule has 4 atom stereocenters. The third kappa shape index (κ3) is 6.23. The van der Waals surface area contributed by atoms with Crippen LogP contribution in [-0.4, -0.2) is 47.6 Å². The van der Waals surface area contributed by atoms with E-state index in [-0.39, 0.29) is 36.4 Å². The number of hydrogen-bond acceptors (Lipinski definition) is 5. The zero-order valence-electron chi connectivity index (χ0n) is 25.4. The van der Waals surface area contributed by atoms with E-state index in [1.807, 2.05) is 63.3 Å². The van der Waals surface area contributed by atoms with Gasteiger partial charge in [-0.15, -0.1) is 0 Å². The smallest absolute Gasteiger partial charge is 0.410 e. The van der Waals surface area contributed by atoms with E-state index in [4.69, 9.17) is 32.7 Å². The van der Waals surface area contributed by atoms with Crippen molar-refractivity contribution in [1.29, 1.82) is 0 Å². The minimum Gasteiger partial charge on any atom is -0.490 e. The molecule has 8 nitrogen and oxygen atoms in total. The Morgan fingerprint density at radius 3 is 2.53 bits per heavy atom. The highest BCUT2D eigenvalue weighted by Gasteiger charge is 2.62. The Bertz CT molecular complexity index is 1600. The number of hydrogen-bond donors (Lipinski definition) is 2. The van der Waals surface area contributed by atoms with Crippen LogP contribution in [-0.2, 0) is 19.7 Å². The fraction of sp³-hybridized carbons (Fsp3) is 0.441. The van der Waals surface area contributed by atoms with E-state index in [1.54, 1.807) is 17.0 Å². The molecular formula is C34H36BrCl2N3O5. The standard InChI is InChI=1S/C34H36BrCl2N3O5/c1-33(2,3)45-32(43)40-13-11-23(12-14-40)44-28-10-7-20(35)16-24(28)30-34(25-9-8-22(37)17-27(25)38-31(34)42)26(18-29(41)39-30)19-5-4-6-21(36)15-19/h4-10,16-17,19,23,26,30H,11-15,18H2,1-3H3,(H,38,42)(H,39,41)/t19?,26-,30-,34-/m0/s1. The minimum atomic E-state index is -1.17. The van der Waals surface area contributed by atoms with Crippen LogP contribution >= 0.6 is 39.1 Å². The van der Waals surface area contributed by atoms with Crippen LogP contribution in [0.25, 0.3) is 0 Å². The average molecular weight is 717 g/mol. The molecule has 0 radical (unpaired) electrons. The lowest BCUT2D eigenvalue weighted by Crippen LogP contribution is -2.59. The van der Waals surface area contributed by atoms with E-state index in [1.165, 1.54) is 0 Å². The number of benzene rings is 2. The highest BCUT2D eigenvalue weighted by Crippen LogP contribution is 2.58. The first kappa shape index (κ1) is 32.0. The molecule has 11 heteroatoms. The first-order chi connectivity index (χ1) is 21.3. The molecule has 45 heavy (non-hydrogen) atoms. The Hall–Kier alpha value is -3.01. The second kappa shape index (κ2) is 12.3. The number of nitrogens with zero attached hydrogens (tertiary/aromatic N) is 1. The first-order valence-electron chi connectivity index (χ1n) is 15.2. The number of carbonyl (C=O) groups excluding carboxylic acids is 3. The van der Waals surface area contributed by atoms with E-state index < -0.39 is 23.0 Å². The van der Waals surface area contributed by atoms with Gasteiger partial charge in [0.2, 0.25) is 11.8 Å². The van der Waals surface area contributed by atoms with Gasteiger partial charge in [-0.05, 0) is 81.0 Å². The molecule has 4 aliphatic rings. The van der Waals surface area contributed by atoms with Crippen LogP contribution in [0.5, 0.6) is 5.75 Å². The maximum Gasteiger partial charge on any atom is 0.410 e. The monoisotopic (exact) mass is 715 g/mol. The van der Waals surface area contributed by atoms with Crippen molar-refractivity contribution in [3.63, 3.8) is 0 Å². The molecule has 2 aromatic rings. The number of likely N-dealkylation sites (tertiary alicyclic amines) is 1. The van der Waals surface area contributed by atoms with Gasteiger partial charge in [-0.2, -0.15) is 0 Å². The number of rotatable bonds is 4. The van der Waals surface area contributed by atoms with Gasteiger partial charge in [0, 0.05) is 58.1 Å². The molecule has 2 saturated heterocycles. The van der Waals surface area contributed by atoms with Crippen molar-refractivity contribution in [3.8, 4) is 5.75 Å². The van der Waals surface area contributed by atoms with Gasteiger partial charge in [0.05, 0.1) is 6.04 Å². The van der Waals surface area contributed by atoms with Crippen LogP contribution < -0.4 is 15.4 Å². The predicted molar refractivity (Wildman–Crippen MR) is 178 cm³/mol. The number of nitrogens with one attached hydrogen (secondary N) is 2. The summed E-state index contributed by atoms with van der Waals surface area (Å²) in [5.74, 6) is -0.336. The summed E-state index contributed by atoms with van der Waals surface area (Å²) in [7, 11) is 0. The van der Waals surface area contributed by atoms with Crippen LogP contribution in [0.1, 0.15) is 63.6 Å². The minimum absolute atomic E-state index is 0.151. The average Bonchev–Trinajstić information content (AvgIpc) is 3.25. The van der Waals surface area contributed by atoms with Crippen molar-refractivity contribution >= 4 is 62.7 Å². The van der Waals surface area contributed by atoms with Gasteiger partial charge in [0.25, 0.3) is 0 Å². The van der Waals surface area contributed by atoms with Gasteiger partial charge in [-0.3, -0.25) is 9.59 Å². The Kier molecular flexibility index (Phi) is 8.74. The van der Waals surface area contributed by atoms with Gasteiger partial charge in [-0.25, -0.2) is 4.79 Å². The van der Waals surface area contributed by atoms with Crippen molar-refractivity contribution in [3.05, 3.63) is 80.3 Å². The van der Waals surface area contributed by atoms with E-state index in [0.29, 0.717) is 59.4 Å². The lowest BCUT2D eigenvalue weighted by molar-refractivity contribution is -0.135. The van der Waals surface area contributed by atoms with Crippen molar-refractivity contribution in [2.45, 2.75) is 69.6 Å². The van der Waals surface area contributed by atoms with Crippen molar-refractivity contribution < 1.29 is 23.9 Å². The predicted octanol–water partition coefficient (Wildman–Crippen LogP) is 7.65. The number of fused-ring (bicyclic) bond motifs is 2. The molecule has 238 valence electrons. The summed E-state index contributed by atoms with van der Waals surface area (Å²) in [5, 5.41) is 7.48. The fourth-order valence-corrected chi connectivity index (χ4v) is 7.96. The van der Waals surface area contributed by atoms with E-state index >= 15 is 0 Å². The summed E-state index contributed by atoms with van der Waals surface area (Å²) in [5.41, 5.74) is 0.364. The Morgan fingerprint density at radius 1 is 1.07 bits per heavy atom. The SMILES string of the molecule is CC(C)(C)OC(=O)N1CCC(Oc2ccc(Br)cc2[C@@H]2NC(=O)C[C@@H](C3C=CC=C(Cl)C3)[C@]23C(=O)Nc2cc(Cl)ccc23)CC1. The fourth-order valence-electron chi connectivity index (χ4n) is 7.16. The van der Waals surface area contributed by atoms with Crippen molar-refractivity contribution in [2.75, 3.05) is 18.4 Å². The molecule has 0 aromatic heterocycles. The van der Waals surface area contributed by atoms with E-state index in [0.717, 1.165) is 10.0 Å². The number of halogens is 3. The summed E-state index contributed by atoms with van der Waals surface area (Å²) in [6, 6.07) is 10.4. The largest absolute Gasteiger partial charge is 0.490 e. The van der Waals surface area contributed by atoms with Gasteiger partial charge >= 0.3 is 6.09 Å². The summed E-state index contributed by atoms with van der Waals surface area (Å²) in [6.45, 7) is 6.55. The molecule has 2 N–H and O–H groups in total. The van der Waals surface area contributed by atoms with Gasteiger partial charge < -0.3 is 25.0 Å². The van der Waals surface area contributed by atoms with Crippen molar-refractivity contribution in [1.82, 2.24) is 10.2 Å². The van der Waals surface area contributed by atoms with Crippen LogP contribution in [0, 0.1) is 11.8 Å². The molecule has 3 aliphatic heterocycles. The number of anilines is 1. The van der Waals surface area contributed by atoms with Crippen LogP contribution in [0.15, 0.2) is 64.1 Å². The maximum absolute atomic E-state index is 14.5. The first-order valence-corrected chi connectivity index (χ1v) is 16.8. The van der Waals surface area contributed by atoms with Crippen LogP contribution in [0.2, 0.25) is 5.02 Å². The Balaban J connectivity index is 1.38. The number of ether oxygens (including phenoxy) is 2. The molecule has 2 fully saturated rings. The zero-order chi connectivity index (χ0) is 32.1. The summed E-state index contributed by atoms with van der Waals surface area (Å²) in [4.78, 5) is 42.3. The number of allylic oxidation sites excluding steroid dienone is 4. The lowest BCUT2D eigenvalue weighted by atomic mass is 9.57. The Morgan fingerprint density at radius 2 is 1.82 bits per heavy atom. The maximum atomic E-state index is 14.5. The normalized spacial score (nSPS) is 26.7. The molecule has 3 amide bonds.